The smallest absolute Gasteiger partial charge is 0.379 e. The van der Waals surface area contributed by atoms with Gasteiger partial charge in [-0.3, -0.25) is 9.59 Å². The number of carbonyl (C=O) groups excluding carboxylic acids is 2. The van der Waals surface area contributed by atoms with Gasteiger partial charge in [-0.05, 0) is 37.5 Å². The van der Waals surface area contributed by atoms with Gasteiger partial charge in [0, 0.05) is 25.6 Å². The Morgan fingerprint density at radius 2 is 2.08 bits per heavy atom. The Morgan fingerprint density at radius 3 is 2.68 bits per heavy atom. The molecule has 2 N–H and O–H groups in total. The summed E-state index contributed by atoms with van der Waals surface area (Å²) in [5.74, 6) is -0.991. The summed E-state index contributed by atoms with van der Waals surface area (Å²) in [6, 6.07) is 3.96. The highest BCUT2D eigenvalue weighted by Gasteiger charge is 2.36. The monoisotopic (exact) mass is 358 g/mol. The summed E-state index contributed by atoms with van der Waals surface area (Å²) in [5.41, 5.74) is 4.29. The first kappa shape index (κ1) is 19.2. The molecule has 138 valence electrons. The lowest BCUT2D eigenvalue weighted by atomic mass is 9.93. The number of ether oxygens (including phenoxy) is 1. The summed E-state index contributed by atoms with van der Waals surface area (Å²) in [5, 5.41) is 0. The van der Waals surface area contributed by atoms with Crippen molar-refractivity contribution in [1.82, 2.24) is 4.90 Å². The van der Waals surface area contributed by atoms with E-state index in [4.69, 9.17) is 10.5 Å². The van der Waals surface area contributed by atoms with Crippen LogP contribution >= 0.6 is 0 Å². The molecule has 25 heavy (non-hydrogen) atoms. The van der Waals surface area contributed by atoms with Crippen LogP contribution in [0.25, 0.3) is 0 Å². The zero-order valence-corrected chi connectivity index (χ0v) is 13.9. The predicted molar refractivity (Wildman–Crippen MR) is 84.7 cm³/mol. The van der Waals surface area contributed by atoms with E-state index >= 15 is 0 Å². The Kier molecular flexibility index (Phi) is 6.05. The average molecular weight is 358 g/mol. The second-order valence-corrected chi connectivity index (χ2v) is 6.07. The second kappa shape index (κ2) is 7.86. The van der Waals surface area contributed by atoms with Crippen LogP contribution < -0.4 is 5.73 Å². The molecule has 0 unspecified atom stereocenters. The van der Waals surface area contributed by atoms with Crippen molar-refractivity contribution in [1.29, 1.82) is 0 Å². The first-order valence-electron chi connectivity index (χ1n) is 8.03. The number of amides is 2. The molecular formula is C17H21F3N2O3. The van der Waals surface area contributed by atoms with Gasteiger partial charge in [-0.15, -0.1) is 0 Å². The average Bonchev–Trinajstić information content (AvgIpc) is 2.58. The van der Waals surface area contributed by atoms with Crippen LogP contribution in [0.3, 0.4) is 0 Å². The molecule has 1 fully saturated rings. The van der Waals surface area contributed by atoms with Crippen molar-refractivity contribution in [2.45, 2.75) is 44.0 Å². The Bertz CT molecular complexity index is 634. The molecule has 0 radical (unpaired) electrons. The van der Waals surface area contributed by atoms with Gasteiger partial charge < -0.3 is 15.4 Å². The highest BCUT2D eigenvalue weighted by molar-refractivity contribution is 5.94. The summed E-state index contributed by atoms with van der Waals surface area (Å²) in [4.78, 5) is 25.4. The van der Waals surface area contributed by atoms with Gasteiger partial charge in [-0.2, -0.15) is 13.2 Å². The fraction of sp³-hybridized carbons (Fsp3) is 0.529. The SMILES string of the molecule is CO[C@H]1CCCN(C(=O)c2cccc(C(F)(F)F)c2)[C@H]1CCC(N)=O. The molecule has 2 atom stereocenters. The molecule has 1 aliphatic heterocycles. The topological polar surface area (TPSA) is 72.6 Å². The number of nitrogens with two attached hydrogens (primary N) is 1. The minimum atomic E-state index is -4.52. The zero-order chi connectivity index (χ0) is 18.6. The van der Waals surface area contributed by atoms with E-state index in [0.29, 0.717) is 25.8 Å². The van der Waals surface area contributed by atoms with Gasteiger partial charge in [-0.25, -0.2) is 0 Å². The summed E-state index contributed by atoms with van der Waals surface area (Å²) >= 11 is 0. The molecule has 1 heterocycles. The van der Waals surface area contributed by atoms with Crippen LogP contribution in [0.4, 0.5) is 13.2 Å². The lowest BCUT2D eigenvalue weighted by molar-refractivity contribution is -0.137. The van der Waals surface area contributed by atoms with Gasteiger partial charge in [-0.1, -0.05) is 6.07 Å². The molecule has 5 nitrogen and oxygen atoms in total. The fourth-order valence-corrected chi connectivity index (χ4v) is 3.18. The molecule has 0 spiro atoms. The molecule has 0 saturated carbocycles. The van der Waals surface area contributed by atoms with E-state index in [9.17, 15) is 22.8 Å². The quantitative estimate of drug-likeness (QED) is 0.879. The van der Waals surface area contributed by atoms with Crippen molar-refractivity contribution in [2.24, 2.45) is 5.73 Å². The number of carbonyl (C=O) groups is 2. The van der Waals surface area contributed by atoms with Gasteiger partial charge in [0.2, 0.25) is 5.91 Å². The molecule has 2 rings (SSSR count). The highest BCUT2D eigenvalue weighted by atomic mass is 19.4. The van der Waals surface area contributed by atoms with Crippen molar-refractivity contribution in [2.75, 3.05) is 13.7 Å². The van der Waals surface area contributed by atoms with E-state index in [1.807, 2.05) is 0 Å². The number of rotatable bonds is 5. The number of hydrogen-bond acceptors (Lipinski definition) is 3. The lowest BCUT2D eigenvalue weighted by Crippen LogP contribution is -2.52. The first-order chi connectivity index (χ1) is 11.7. The summed E-state index contributed by atoms with van der Waals surface area (Å²) < 4.78 is 44.0. The van der Waals surface area contributed by atoms with Gasteiger partial charge in [0.25, 0.3) is 5.91 Å². The minimum absolute atomic E-state index is 0.0318. The van der Waals surface area contributed by atoms with Crippen molar-refractivity contribution in [3.63, 3.8) is 0 Å². The van der Waals surface area contributed by atoms with Gasteiger partial charge >= 0.3 is 6.18 Å². The third-order valence-electron chi connectivity index (χ3n) is 4.40. The molecule has 2 amide bonds. The first-order valence-corrected chi connectivity index (χ1v) is 8.03. The third kappa shape index (κ3) is 4.72. The Morgan fingerprint density at radius 1 is 1.36 bits per heavy atom. The molecule has 1 aromatic rings. The maximum Gasteiger partial charge on any atom is 0.416 e. The third-order valence-corrected chi connectivity index (χ3v) is 4.40. The molecule has 1 aromatic carbocycles. The van der Waals surface area contributed by atoms with Crippen LogP contribution in [-0.2, 0) is 15.7 Å². The maximum absolute atomic E-state index is 12.9. The zero-order valence-electron chi connectivity index (χ0n) is 13.9. The maximum atomic E-state index is 12.9. The molecule has 1 aliphatic rings. The Hall–Kier alpha value is -2.09. The van der Waals surface area contributed by atoms with Crippen molar-refractivity contribution in [3.05, 3.63) is 35.4 Å². The number of hydrogen-bond donors (Lipinski definition) is 1. The van der Waals surface area contributed by atoms with E-state index < -0.39 is 29.6 Å². The summed E-state index contributed by atoms with van der Waals surface area (Å²) in [7, 11) is 1.51. The summed E-state index contributed by atoms with van der Waals surface area (Å²) in [6.45, 7) is 0.401. The fourth-order valence-electron chi connectivity index (χ4n) is 3.18. The number of alkyl halides is 3. The van der Waals surface area contributed by atoms with Crippen LogP contribution in [0.1, 0.15) is 41.6 Å². The summed E-state index contributed by atoms with van der Waals surface area (Å²) in [6.07, 6.45) is -3.00. The predicted octanol–water partition coefficient (Wildman–Crippen LogP) is 2.59. The van der Waals surface area contributed by atoms with Crippen molar-refractivity contribution in [3.8, 4) is 0 Å². The van der Waals surface area contributed by atoms with E-state index in [-0.39, 0.29) is 18.1 Å². The van der Waals surface area contributed by atoms with Crippen molar-refractivity contribution >= 4 is 11.8 Å². The minimum Gasteiger partial charge on any atom is -0.379 e. The number of piperidine rings is 1. The molecule has 0 aromatic heterocycles. The largest absolute Gasteiger partial charge is 0.416 e. The number of nitrogens with zero attached hydrogens (tertiary/aromatic N) is 1. The van der Waals surface area contributed by atoms with E-state index in [2.05, 4.69) is 0 Å². The highest BCUT2D eigenvalue weighted by Crippen LogP contribution is 2.31. The van der Waals surface area contributed by atoms with Crippen LogP contribution in [0.5, 0.6) is 0 Å². The Labute approximate surface area is 143 Å². The molecule has 1 saturated heterocycles. The number of primary amides is 1. The van der Waals surface area contributed by atoms with E-state index in [0.717, 1.165) is 12.1 Å². The molecule has 0 bridgehead atoms. The van der Waals surface area contributed by atoms with Crippen molar-refractivity contribution < 1.29 is 27.5 Å². The Balaban J connectivity index is 2.26. The van der Waals surface area contributed by atoms with Gasteiger partial charge in [0.15, 0.2) is 0 Å². The number of likely N-dealkylation sites (tertiary alicyclic amines) is 1. The second-order valence-electron chi connectivity index (χ2n) is 6.07. The van der Waals surface area contributed by atoms with E-state index in [1.165, 1.54) is 24.1 Å². The van der Waals surface area contributed by atoms with E-state index in [1.54, 1.807) is 0 Å². The molecule has 8 heteroatoms. The van der Waals surface area contributed by atoms with Gasteiger partial charge in [0.1, 0.15) is 0 Å². The number of benzene rings is 1. The number of halogens is 3. The lowest BCUT2D eigenvalue weighted by Gasteiger charge is -2.40. The van der Waals surface area contributed by atoms with Crippen LogP contribution in [0.15, 0.2) is 24.3 Å². The molecule has 0 aliphatic carbocycles. The molecular weight excluding hydrogens is 337 g/mol. The van der Waals surface area contributed by atoms with Crippen LogP contribution in [0, 0.1) is 0 Å². The standard InChI is InChI=1S/C17H21F3N2O3/c1-25-14-6-3-9-22(13(14)7-8-15(21)23)16(24)11-4-2-5-12(10-11)17(18,19)20/h2,4-5,10,13-14H,3,6-9H2,1H3,(H2,21,23)/t13-,14-/m0/s1. The number of methoxy groups -OCH3 is 1. The van der Waals surface area contributed by atoms with Gasteiger partial charge in [0.05, 0.1) is 17.7 Å². The van der Waals surface area contributed by atoms with Crippen LogP contribution in [0.2, 0.25) is 0 Å². The van der Waals surface area contributed by atoms with Crippen LogP contribution in [-0.4, -0.2) is 42.5 Å². The normalized spacial score (nSPS) is 21.2.